The number of thioether (sulfide) groups is 1. The van der Waals surface area contributed by atoms with Gasteiger partial charge in [-0.1, -0.05) is 25.1 Å². The van der Waals surface area contributed by atoms with Gasteiger partial charge in [-0.2, -0.15) is 5.26 Å². The van der Waals surface area contributed by atoms with Crippen molar-refractivity contribution in [2.24, 2.45) is 0 Å². The summed E-state index contributed by atoms with van der Waals surface area (Å²) in [6.07, 6.45) is 0.945. The van der Waals surface area contributed by atoms with E-state index >= 15 is 0 Å². The highest BCUT2D eigenvalue weighted by Crippen LogP contribution is 2.52. The van der Waals surface area contributed by atoms with Crippen LogP contribution in [0.15, 0.2) is 53.1 Å². The van der Waals surface area contributed by atoms with Crippen molar-refractivity contribution >= 4 is 17.7 Å². The van der Waals surface area contributed by atoms with Crippen LogP contribution >= 0.6 is 11.8 Å². The van der Waals surface area contributed by atoms with Gasteiger partial charge in [-0.3, -0.25) is 9.69 Å². The molecule has 33 heavy (non-hydrogen) atoms. The lowest BCUT2D eigenvalue weighted by molar-refractivity contribution is -0.149. The molecule has 1 saturated heterocycles. The Labute approximate surface area is 197 Å². The molecule has 172 valence electrons. The first-order valence-corrected chi connectivity index (χ1v) is 11.7. The monoisotopic (exact) mass is 466 g/mol. The van der Waals surface area contributed by atoms with Crippen molar-refractivity contribution in [1.29, 1.82) is 5.26 Å². The van der Waals surface area contributed by atoms with Crippen molar-refractivity contribution in [2.45, 2.75) is 31.4 Å². The highest BCUT2D eigenvalue weighted by molar-refractivity contribution is 8.03. The van der Waals surface area contributed by atoms with Gasteiger partial charge in [0.25, 0.3) is 0 Å². The number of nitriles is 1. The third-order valence-electron chi connectivity index (χ3n) is 5.91. The van der Waals surface area contributed by atoms with E-state index in [1.807, 2.05) is 25.1 Å². The van der Waals surface area contributed by atoms with Crippen LogP contribution in [0.5, 0.6) is 17.2 Å². The second-order valence-electron chi connectivity index (χ2n) is 7.91. The number of hydrogen-bond acceptors (Lipinski definition) is 7. The lowest BCUT2D eigenvalue weighted by Crippen LogP contribution is -2.48. The minimum atomic E-state index is -1.52. The van der Waals surface area contributed by atoms with Crippen LogP contribution in [0.3, 0.4) is 0 Å². The summed E-state index contributed by atoms with van der Waals surface area (Å²) in [4.78, 5) is 14.7. The molecule has 0 aromatic heterocycles. The first-order valence-electron chi connectivity index (χ1n) is 10.7. The summed E-state index contributed by atoms with van der Waals surface area (Å²) in [7, 11) is 3.14. The second kappa shape index (κ2) is 9.38. The largest absolute Gasteiger partial charge is 0.497 e. The molecule has 1 fully saturated rings. The zero-order valence-corrected chi connectivity index (χ0v) is 19.6. The first kappa shape index (κ1) is 23.0. The van der Waals surface area contributed by atoms with Crippen molar-refractivity contribution in [1.82, 2.24) is 4.90 Å². The molecule has 0 radical (unpaired) electrons. The minimum Gasteiger partial charge on any atom is -0.497 e. The van der Waals surface area contributed by atoms with Gasteiger partial charge in [0, 0.05) is 17.9 Å². The maximum absolute atomic E-state index is 13.3. The van der Waals surface area contributed by atoms with E-state index < -0.39 is 11.6 Å². The number of carbonyl (C=O) groups excluding carboxylic acids is 1. The Morgan fingerprint density at radius 1 is 1.18 bits per heavy atom. The Morgan fingerprint density at radius 2 is 1.94 bits per heavy atom. The van der Waals surface area contributed by atoms with Gasteiger partial charge in [0.15, 0.2) is 17.2 Å². The van der Waals surface area contributed by atoms with Crippen LogP contribution in [0.25, 0.3) is 0 Å². The zero-order chi connectivity index (χ0) is 23.6. The number of nitrogens with zero attached hydrogens (tertiary/aromatic N) is 2. The zero-order valence-electron chi connectivity index (χ0n) is 18.8. The number of aliphatic hydroxyl groups is 1. The van der Waals surface area contributed by atoms with Crippen LogP contribution in [0, 0.1) is 11.3 Å². The first-order chi connectivity index (χ1) is 16.0. The number of fused-ring (bicyclic) bond motifs is 1. The summed E-state index contributed by atoms with van der Waals surface area (Å²) in [5, 5.41) is 22.1. The molecule has 2 heterocycles. The summed E-state index contributed by atoms with van der Waals surface area (Å²) >= 11 is 1.32. The minimum absolute atomic E-state index is 0.0732. The van der Waals surface area contributed by atoms with Crippen LogP contribution in [-0.4, -0.2) is 42.5 Å². The molecule has 0 spiro atoms. The van der Waals surface area contributed by atoms with Crippen LogP contribution in [-0.2, 0) is 10.5 Å². The fraction of sp³-hybridized carbons (Fsp3) is 0.360. The highest BCUT2D eigenvalue weighted by atomic mass is 32.2. The van der Waals surface area contributed by atoms with E-state index in [1.165, 1.54) is 16.7 Å². The highest BCUT2D eigenvalue weighted by Gasteiger charge is 2.51. The molecule has 0 bridgehead atoms. The van der Waals surface area contributed by atoms with Crippen molar-refractivity contribution in [3.63, 3.8) is 0 Å². The summed E-state index contributed by atoms with van der Waals surface area (Å²) in [5.74, 6) is 1.43. The predicted octanol–water partition coefficient (Wildman–Crippen LogP) is 4.14. The van der Waals surface area contributed by atoms with Crippen molar-refractivity contribution in [3.05, 3.63) is 64.2 Å². The molecule has 2 aromatic carbocycles. The molecular weight excluding hydrogens is 440 g/mol. The predicted molar refractivity (Wildman–Crippen MR) is 125 cm³/mol. The Morgan fingerprint density at radius 3 is 2.58 bits per heavy atom. The van der Waals surface area contributed by atoms with Crippen LogP contribution in [0.1, 0.15) is 36.8 Å². The van der Waals surface area contributed by atoms with Crippen molar-refractivity contribution in [2.75, 3.05) is 26.6 Å². The maximum Gasteiger partial charge on any atom is 0.231 e. The molecule has 0 saturated carbocycles. The molecular formula is C25H26N2O5S. The Balaban J connectivity index is 1.72. The topological polar surface area (TPSA) is 92.0 Å². The quantitative estimate of drug-likeness (QED) is 0.656. The van der Waals surface area contributed by atoms with E-state index in [9.17, 15) is 15.2 Å². The average Bonchev–Trinajstić information content (AvgIpc) is 3.21. The number of ether oxygens (including phenoxy) is 3. The third kappa shape index (κ3) is 4.03. The van der Waals surface area contributed by atoms with Crippen LogP contribution in [0.2, 0.25) is 0 Å². The van der Waals surface area contributed by atoms with E-state index in [0.29, 0.717) is 40.0 Å². The molecule has 2 aromatic rings. The third-order valence-corrected chi connectivity index (χ3v) is 7.14. The van der Waals surface area contributed by atoms with E-state index in [1.54, 1.807) is 38.5 Å². The number of benzene rings is 2. The number of amides is 1. The van der Waals surface area contributed by atoms with Crippen molar-refractivity contribution < 1.29 is 24.1 Å². The van der Waals surface area contributed by atoms with Gasteiger partial charge in [-0.25, -0.2) is 0 Å². The summed E-state index contributed by atoms with van der Waals surface area (Å²) < 4.78 is 16.4. The number of hydrogen-bond donors (Lipinski definition) is 1. The van der Waals surface area contributed by atoms with Gasteiger partial charge in [-0.15, -0.1) is 11.8 Å². The summed E-state index contributed by atoms with van der Waals surface area (Å²) in [6.45, 7) is 2.60. The Kier molecular flexibility index (Phi) is 6.54. The summed E-state index contributed by atoms with van der Waals surface area (Å²) in [5.41, 5.74) is 0.321. The molecule has 2 atom stereocenters. The number of allylic oxidation sites excluding steroid dienone is 1. The molecule has 0 aliphatic carbocycles. The van der Waals surface area contributed by atoms with Gasteiger partial charge in [0.1, 0.15) is 5.75 Å². The van der Waals surface area contributed by atoms with E-state index in [4.69, 9.17) is 14.2 Å². The van der Waals surface area contributed by atoms with Gasteiger partial charge in [0.2, 0.25) is 5.91 Å². The van der Waals surface area contributed by atoms with Gasteiger partial charge in [0.05, 0.1) is 43.3 Å². The average molecular weight is 467 g/mol. The molecule has 8 heteroatoms. The Hall–Kier alpha value is -3.15. The van der Waals surface area contributed by atoms with Gasteiger partial charge >= 0.3 is 0 Å². The lowest BCUT2D eigenvalue weighted by atomic mass is 9.85. The van der Waals surface area contributed by atoms with Crippen molar-refractivity contribution in [3.8, 4) is 23.3 Å². The smallest absolute Gasteiger partial charge is 0.231 e. The lowest BCUT2D eigenvalue weighted by Gasteiger charge is -2.38. The van der Waals surface area contributed by atoms with E-state index in [2.05, 4.69) is 6.07 Å². The fourth-order valence-electron chi connectivity index (χ4n) is 4.21. The number of methoxy groups -OCH3 is 2. The maximum atomic E-state index is 13.3. The summed E-state index contributed by atoms with van der Waals surface area (Å²) in [6, 6.07) is 14.8. The Bertz CT molecular complexity index is 1120. The van der Waals surface area contributed by atoms with Crippen LogP contribution in [0.4, 0.5) is 0 Å². The van der Waals surface area contributed by atoms with Gasteiger partial charge < -0.3 is 19.3 Å². The molecule has 7 nitrogen and oxygen atoms in total. The molecule has 2 aliphatic rings. The van der Waals surface area contributed by atoms with Gasteiger partial charge in [-0.05, 0) is 36.2 Å². The number of rotatable bonds is 7. The standard InChI is InChI=1S/C25H26N2O5S/c1-4-11-32-21-10-5-16(12-22(21)31-3)19-13-23(28)27-24(20(19)14-26)33-15-25(27,29)17-6-8-18(30-2)9-7-17/h5-10,12,19,29H,4,11,13,15H2,1-3H3. The molecule has 2 unspecified atom stereocenters. The SMILES string of the molecule is CCCOc1ccc(C2CC(=O)N3C(=C2C#N)SCC3(O)c2ccc(OC)cc2)cc1OC. The van der Waals surface area contributed by atoms with E-state index in [0.717, 1.165) is 12.0 Å². The normalized spacial score (nSPS) is 22.1. The van der Waals surface area contributed by atoms with E-state index in [-0.39, 0.29) is 18.1 Å². The second-order valence-corrected chi connectivity index (χ2v) is 8.87. The molecule has 1 amide bonds. The number of carbonyl (C=O) groups is 1. The molecule has 2 aliphatic heterocycles. The molecule has 1 N–H and O–H groups in total. The molecule has 4 rings (SSSR count). The fourth-order valence-corrected chi connectivity index (χ4v) is 5.57. The van der Waals surface area contributed by atoms with Crippen LogP contribution < -0.4 is 14.2 Å².